The van der Waals surface area contributed by atoms with Gasteiger partial charge in [-0.1, -0.05) is 0 Å². The molecule has 2 rings (SSSR count). The topological polar surface area (TPSA) is 99.9 Å². The van der Waals surface area contributed by atoms with E-state index in [0.717, 1.165) is 12.0 Å². The fourth-order valence-corrected chi connectivity index (χ4v) is 3.67. The molecule has 9 heteroatoms. The van der Waals surface area contributed by atoms with E-state index in [2.05, 4.69) is 10.3 Å². The molecule has 0 bridgehead atoms. The maximum absolute atomic E-state index is 12.3. The van der Waals surface area contributed by atoms with Crippen molar-refractivity contribution in [2.24, 2.45) is 0 Å². The Morgan fingerprint density at radius 3 is 2.69 bits per heavy atom. The van der Waals surface area contributed by atoms with Crippen LogP contribution >= 0.6 is 0 Å². The minimum Gasteiger partial charge on any atom is -0.493 e. The lowest BCUT2D eigenvalue weighted by Gasteiger charge is -2.07. The molecule has 2 aromatic rings. The molecule has 0 radical (unpaired) electrons. The Morgan fingerprint density at radius 2 is 2.00 bits per heavy atom. The number of hydrogen-bond donors (Lipinski definition) is 1. The lowest BCUT2D eigenvalue weighted by Crippen LogP contribution is -2.30. The average molecular weight is 425 g/mol. The Labute approximate surface area is 173 Å². The van der Waals surface area contributed by atoms with E-state index in [9.17, 15) is 9.00 Å². The molecule has 1 amide bonds. The van der Waals surface area contributed by atoms with Crippen molar-refractivity contribution in [3.8, 4) is 23.0 Å². The van der Waals surface area contributed by atoms with Gasteiger partial charge in [-0.15, -0.1) is 0 Å². The number of hydrogen-bond acceptors (Lipinski definition) is 7. The van der Waals surface area contributed by atoms with Crippen LogP contribution in [0.2, 0.25) is 0 Å². The smallest absolute Gasteiger partial charge is 0.232 e. The summed E-state index contributed by atoms with van der Waals surface area (Å²) in [5, 5.41) is 2.75. The first kappa shape index (κ1) is 22.9. The van der Waals surface area contributed by atoms with Crippen LogP contribution in [0.4, 0.5) is 0 Å². The molecule has 1 aromatic carbocycles. The Hall–Kier alpha value is -2.39. The van der Waals surface area contributed by atoms with Gasteiger partial charge >= 0.3 is 0 Å². The van der Waals surface area contributed by atoms with Gasteiger partial charge in [0, 0.05) is 36.1 Å². The first-order valence-electron chi connectivity index (χ1n) is 9.36. The van der Waals surface area contributed by atoms with E-state index >= 15 is 0 Å². The van der Waals surface area contributed by atoms with Crippen molar-refractivity contribution in [1.29, 1.82) is 0 Å². The second-order valence-electron chi connectivity index (χ2n) is 6.22. The highest BCUT2D eigenvalue weighted by atomic mass is 32.2. The number of methoxy groups -OCH3 is 2. The molecule has 8 nitrogen and oxygen atoms in total. The fourth-order valence-electron chi connectivity index (χ4n) is 2.60. The number of carbonyl (C=O) groups excluding carboxylic acids is 1. The van der Waals surface area contributed by atoms with Gasteiger partial charge in [-0.25, -0.2) is 4.98 Å². The number of nitrogens with one attached hydrogen (secondary N) is 1. The predicted octanol–water partition coefficient (Wildman–Crippen LogP) is 2.46. The molecular weight excluding hydrogens is 396 g/mol. The van der Waals surface area contributed by atoms with Crippen molar-refractivity contribution in [3.63, 3.8) is 0 Å². The van der Waals surface area contributed by atoms with Gasteiger partial charge in [0.25, 0.3) is 0 Å². The molecule has 0 fully saturated rings. The van der Waals surface area contributed by atoms with Gasteiger partial charge in [0.05, 0.1) is 25.7 Å². The molecule has 1 atom stereocenters. The molecule has 29 heavy (non-hydrogen) atoms. The third-order valence-corrected chi connectivity index (χ3v) is 5.28. The van der Waals surface area contributed by atoms with Crippen LogP contribution in [-0.2, 0) is 26.1 Å². The second-order valence-corrected chi connectivity index (χ2v) is 7.68. The van der Waals surface area contributed by atoms with Crippen molar-refractivity contribution in [2.75, 3.05) is 39.7 Å². The standard InChI is InChI=1S/C20H28N2O6S/c1-5-27-10-6-9-21-19(23)13-29(24)12-16-14(2)28-20(22-16)15-7-8-17(25-3)18(11-15)26-4/h7-8,11H,5-6,9-10,12-13H2,1-4H3,(H,21,23)/t29-/m1/s1. The Bertz CT molecular complexity index is 836. The molecule has 0 unspecified atom stereocenters. The summed E-state index contributed by atoms with van der Waals surface area (Å²) in [5.41, 5.74) is 1.28. The number of amides is 1. The zero-order valence-electron chi connectivity index (χ0n) is 17.3. The largest absolute Gasteiger partial charge is 0.493 e. The van der Waals surface area contributed by atoms with Gasteiger partial charge in [0.1, 0.15) is 11.5 Å². The number of nitrogens with zero attached hydrogens (tertiary/aromatic N) is 1. The molecular formula is C20H28N2O6S. The SMILES string of the molecule is CCOCCCNC(=O)C[S@](=O)Cc1nc(-c2ccc(OC)c(OC)c2)oc1C. The van der Waals surface area contributed by atoms with Crippen LogP contribution in [0.1, 0.15) is 24.8 Å². The number of aromatic nitrogens is 1. The number of carbonyl (C=O) groups is 1. The number of ether oxygens (including phenoxy) is 3. The molecule has 0 aliphatic carbocycles. The molecule has 0 aliphatic rings. The fraction of sp³-hybridized carbons (Fsp3) is 0.500. The second kappa shape index (κ2) is 11.6. The Morgan fingerprint density at radius 1 is 1.24 bits per heavy atom. The average Bonchev–Trinajstić information content (AvgIpc) is 3.07. The first-order chi connectivity index (χ1) is 14.0. The van der Waals surface area contributed by atoms with Gasteiger partial charge in [0.2, 0.25) is 11.8 Å². The van der Waals surface area contributed by atoms with E-state index in [-0.39, 0.29) is 17.4 Å². The van der Waals surface area contributed by atoms with Crippen molar-refractivity contribution >= 4 is 16.7 Å². The van der Waals surface area contributed by atoms with E-state index < -0.39 is 10.8 Å². The summed E-state index contributed by atoms with van der Waals surface area (Å²) in [6, 6.07) is 5.34. The van der Waals surface area contributed by atoms with E-state index in [0.29, 0.717) is 48.6 Å². The molecule has 0 saturated carbocycles. The number of aryl methyl sites for hydroxylation is 1. The summed E-state index contributed by atoms with van der Waals surface area (Å²) in [6.07, 6.45) is 0.725. The molecule has 0 spiro atoms. The van der Waals surface area contributed by atoms with Crippen molar-refractivity contribution in [2.45, 2.75) is 26.0 Å². The monoisotopic (exact) mass is 424 g/mol. The first-order valence-corrected chi connectivity index (χ1v) is 10.8. The summed E-state index contributed by atoms with van der Waals surface area (Å²) < 4.78 is 33.8. The van der Waals surface area contributed by atoms with Gasteiger partial charge in [0.15, 0.2) is 11.5 Å². The minimum atomic E-state index is -1.38. The van der Waals surface area contributed by atoms with Gasteiger partial charge < -0.3 is 23.9 Å². The molecule has 0 saturated heterocycles. The highest BCUT2D eigenvalue weighted by molar-refractivity contribution is 7.84. The third-order valence-electron chi connectivity index (χ3n) is 4.10. The normalized spacial score (nSPS) is 11.9. The van der Waals surface area contributed by atoms with Crippen LogP contribution in [0.15, 0.2) is 22.6 Å². The maximum atomic E-state index is 12.3. The van der Waals surface area contributed by atoms with Crippen molar-refractivity contribution < 1.29 is 27.6 Å². The van der Waals surface area contributed by atoms with E-state index in [1.165, 1.54) is 0 Å². The number of oxazole rings is 1. The van der Waals surface area contributed by atoms with Crippen LogP contribution in [0, 0.1) is 6.92 Å². The molecule has 160 valence electrons. The maximum Gasteiger partial charge on any atom is 0.232 e. The van der Waals surface area contributed by atoms with E-state index in [4.69, 9.17) is 18.6 Å². The van der Waals surface area contributed by atoms with Crippen LogP contribution in [0.5, 0.6) is 11.5 Å². The quantitative estimate of drug-likeness (QED) is 0.523. The third kappa shape index (κ3) is 6.86. The lowest BCUT2D eigenvalue weighted by atomic mass is 10.2. The molecule has 1 N–H and O–H groups in total. The van der Waals surface area contributed by atoms with Crippen LogP contribution < -0.4 is 14.8 Å². The molecule has 1 aromatic heterocycles. The minimum absolute atomic E-state index is 0.0768. The summed E-state index contributed by atoms with van der Waals surface area (Å²) in [4.78, 5) is 16.4. The summed E-state index contributed by atoms with van der Waals surface area (Å²) in [7, 11) is 1.73. The van der Waals surface area contributed by atoms with Crippen LogP contribution in [0.3, 0.4) is 0 Å². The highest BCUT2D eigenvalue weighted by Crippen LogP contribution is 2.32. The number of rotatable bonds is 12. The Kier molecular flexibility index (Phi) is 9.14. The molecule has 0 aliphatic heterocycles. The van der Waals surface area contributed by atoms with Gasteiger partial charge in [-0.05, 0) is 38.5 Å². The van der Waals surface area contributed by atoms with Gasteiger partial charge in [-0.3, -0.25) is 9.00 Å². The predicted molar refractivity (Wildman–Crippen MR) is 111 cm³/mol. The van der Waals surface area contributed by atoms with Crippen molar-refractivity contribution in [1.82, 2.24) is 10.3 Å². The summed E-state index contributed by atoms with van der Waals surface area (Å²) in [5.74, 6) is 1.96. The zero-order chi connectivity index (χ0) is 21.2. The van der Waals surface area contributed by atoms with E-state index in [1.54, 1.807) is 33.3 Å². The van der Waals surface area contributed by atoms with Crippen LogP contribution in [-0.4, -0.2) is 54.8 Å². The lowest BCUT2D eigenvalue weighted by molar-refractivity contribution is -0.118. The van der Waals surface area contributed by atoms with E-state index in [1.807, 2.05) is 13.0 Å². The Balaban J connectivity index is 1.95. The highest BCUT2D eigenvalue weighted by Gasteiger charge is 2.17. The molecule has 1 heterocycles. The van der Waals surface area contributed by atoms with Crippen molar-refractivity contribution in [3.05, 3.63) is 29.7 Å². The van der Waals surface area contributed by atoms with Crippen LogP contribution in [0.25, 0.3) is 11.5 Å². The summed E-state index contributed by atoms with van der Waals surface area (Å²) in [6.45, 7) is 5.43. The summed E-state index contributed by atoms with van der Waals surface area (Å²) >= 11 is 0. The number of benzene rings is 1. The zero-order valence-corrected chi connectivity index (χ0v) is 18.1. The van der Waals surface area contributed by atoms with Gasteiger partial charge in [-0.2, -0.15) is 0 Å².